The first-order valence-corrected chi connectivity index (χ1v) is 6.98. The molecule has 0 unspecified atom stereocenters. The number of aryl methyl sites for hydroxylation is 1. The summed E-state index contributed by atoms with van der Waals surface area (Å²) in [5, 5.41) is 3.86. The molecule has 0 bridgehead atoms. The molecule has 0 radical (unpaired) electrons. The highest BCUT2D eigenvalue weighted by molar-refractivity contribution is 5.94. The van der Waals surface area contributed by atoms with Crippen LogP contribution >= 0.6 is 0 Å². The van der Waals surface area contributed by atoms with Gasteiger partial charge in [-0.15, -0.1) is 0 Å². The maximum Gasteiger partial charge on any atom is 0.276 e. The number of nitrogens with zero attached hydrogens (tertiary/aromatic N) is 2. The van der Waals surface area contributed by atoms with Gasteiger partial charge in [0.15, 0.2) is 11.5 Å². The third kappa shape index (κ3) is 2.86. The highest BCUT2D eigenvalue weighted by Crippen LogP contribution is 2.22. The molecule has 1 saturated heterocycles. The molecule has 1 amide bonds. The fourth-order valence-corrected chi connectivity index (χ4v) is 2.35. The number of piperidine rings is 1. The largest absolute Gasteiger partial charge is 0.355 e. The first-order chi connectivity index (χ1) is 10.1. The molecule has 1 aromatic heterocycles. The molecule has 1 fully saturated rings. The van der Waals surface area contributed by atoms with Crippen LogP contribution < -0.4 is 0 Å². The van der Waals surface area contributed by atoms with Crippen molar-refractivity contribution < 1.29 is 14.1 Å². The summed E-state index contributed by atoms with van der Waals surface area (Å²) in [6, 6.07) is 9.49. The van der Waals surface area contributed by atoms with Crippen LogP contribution in [0.2, 0.25) is 0 Å². The van der Waals surface area contributed by atoms with E-state index < -0.39 is 0 Å². The molecule has 5 nitrogen and oxygen atoms in total. The topological polar surface area (TPSA) is 63.4 Å². The number of ketones is 1. The van der Waals surface area contributed by atoms with Crippen molar-refractivity contribution >= 4 is 11.7 Å². The highest BCUT2D eigenvalue weighted by atomic mass is 16.5. The molecule has 0 saturated carbocycles. The number of Topliss-reactive ketones (excluding diaryl/α,β-unsaturated/α-hetero) is 1. The molecule has 108 valence electrons. The molecular weight excluding hydrogens is 268 g/mol. The predicted molar refractivity (Wildman–Crippen MR) is 76.8 cm³/mol. The second-order valence-electron chi connectivity index (χ2n) is 5.27. The zero-order valence-corrected chi connectivity index (χ0v) is 11.8. The lowest BCUT2D eigenvalue weighted by Crippen LogP contribution is -2.38. The zero-order valence-electron chi connectivity index (χ0n) is 11.8. The molecule has 2 aromatic rings. The van der Waals surface area contributed by atoms with Crippen LogP contribution in [0.5, 0.6) is 0 Å². The Labute approximate surface area is 122 Å². The number of rotatable bonds is 2. The maximum absolute atomic E-state index is 12.3. The van der Waals surface area contributed by atoms with Crippen LogP contribution in [0.15, 0.2) is 34.9 Å². The summed E-state index contributed by atoms with van der Waals surface area (Å²) in [5.74, 6) is 0.607. The molecule has 0 aliphatic carbocycles. The lowest BCUT2D eigenvalue weighted by atomic mass is 10.1. The first kappa shape index (κ1) is 13.5. The van der Waals surface area contributed by atoms with Crippen LogP contribution in [-0.4, -0.2) is 34.8 Å². The lowest BCUT2D eigenvalue weighted by molar-refractivity contribution is -0.120. The van der Waals surface area contributed by atoms with E-state index >= 15 is 0 Å². The molecule has 2 heterocycles. The van der Waals surface area contributed by atoms with Crippen LogP contribution in [0.4, 0.5) is 0 Å². The summed E-state index contributed by atoms with van der Waals surface area (Å²) in [7, 11) is 0. The van der Waals surface area contributed by atoms with Gasteiger partial charge in [0.25, 0.3) is 5.91 Å². The Hall–Kier alpha value is -2.43. The average Bonchev–Trinajstić information content (AvgIpc) is 2.98. The van der Waals surface area contributed by atoms with E-state index in [0.29, 0.717) is 37.4 Å². The molecule has 1 aromatic carbocycles. The highest BCUT2D eigenvalue weighted by Gasteiger charge is 2.24. The third-order valence-corrected chi connectivity index (χ3v) is 3.67. The molecule has 1 aliphatic heterocycles. The van der Waals surface area contributed by atoms with Crippen molar-refractivity contribution in [3.05, 3.63) is 41.6 Å². The second kappa shape index (κ2) is 5.52. The van der Waals surface area contributed by atoms with Gasteiger partial charge in [0, 0.05) is 37.6 Å². The Kier molecular flexibility index (Phi) is 3.56. The summed E-state index contributed by atoms with van der Waals surface area (Å²) < 4.78 is 5.26. The summed E-state index contributed by atoms with van der Waals surface area (Å²) >= 11 is 0. The SMILES string of the molecule is Cc1ccc(-c2cc(C(=O)N3CCC(=O)CC3)no2)cc1. The quantitative estimate of drug-likeness (QED) is 0.849. The second-order valence-corrected chi connectivity index (χ2v) is 5.27. The predicted octanol–water partition coefficient (Wildman–Crippen LogP) is 2.46. The van der Waals surface area contributed by atoms with Gasteiger partial charge in [0.2, 0.25) is 0 Å². The van der Waals surface area contributed by atoms with Gasteiger partial charge in [-0.05, 0) is 6.92 Å². The molecule has 0 spiro atoms. The minimum Gasteiger partial charge on any atom is -0.355 e. The normalized spacial score (nSPS) is 15.3. The summed E-state index contributed by atoms with van der Waals surface area (Å²) in [6.45, 7) is 2.94. The lowest BCUT2D eigenvalue weighted by Gasteiger charge is -2.24. The van der Waals surface area contributed by atoms with E-state index in [9.17, 15) is 9.59 Å². The smallest absolute Gasteiger partial charge is 0.276 e. The van der Waals surface area contributed by atoms with Gasteiger partial charge < -0.3 is 9.42 Å². The molecule has 5 heteroatoms. The number of amides is 1. The van der Waals surface area contributed by atoms with Crippen LogP contribution in [0.25, 0.3) is 11.3 Å². The van der Waals surface area contributed by atoms with E-state index in [2.05, 4.69) is 5.16 Å². The first-order valence-electron chi connectivity index (χ1n) is 6.98. The van der Waals surface area contributed by atoms with Crippen molar-refractivity contribution in [3.8, 4) is 11.3 Å². The van der Waals surface area contributed by atoms with Gasteiger partial charge in [-0.3, -0.25) is 9.59 Å². The van der Waals surface area contributed by atoms with Gasteiger partial charge in [0.1, 0.15) is 5.78 Å². The number of hydrogen-bond donors (Lipinski definition) is 0. The number of carbonyl (C=O) groups is 2. The van der Waals surface area contributed by atoms with Crippen molar-refractivity contribution in [2.45, 2.75) is 19.8 Å². The van der Waals surface area contributed by atoms with E-state index in [0.717, 1.165) is 11.1 Å². The van der Waals surface area contributed by atoms with E-state index in [1.54, 1.807) is 11.0 Å². The third-order valence-electron chi connectivity index (χ3n) is 3.67. The number of benzene rings is 1. The van der Waals surface area contributed by atoms with Crippen molar-refractivity contribution in [1.82, 2.24) is 10.1 Å². The minimum absolute atomic E-state index is 0.176. The van der Waals surface area contributed by atoms with Gasteiger partial charge in [-0.1, -0.05) is 35.0 Å². The Morgan fingerprint density at radius 3 is 2.52 bits per heavy atom. The number of aromatic nitrogens is 1. The number of likely N-dealkylation sites (tertiary alicyclic amines) is 1. The summed E-state index contributed by atoms with van der Waals surface area (Å²) in [5.41, 5.74) is 2.34. The molecule has 21 heavy (non-hydrogen) atoms. The molecule has 0 atom stereocenters. The zero-order chi connectivity index (χ0) is 14.8. The Bertz CT molecular complexity index is 663. The fraction of sp³-hybridized carbons (Fsp3) is 0.312. The van der Waals surface area contributed by atoms with E-state index in [1.165, 1.54) is 0 Å². The van der Waals surface area contributed by atoms with E-state index in [4.69, 9.17) is 4.52 Å². The Morgan fingerprint density at radius 2 is 1.86 bits per heavy atom. The fourth-order valence-electron chi connectivity index (χ4n) is 2.35. The van der Waals surface area contributed by atoms with E-state index in [-0.39, 0.29) is 11.7 Å². The number of carbonyl (C=O) groups excluding carboxylic acids is 2. The van der Waals surface area contributed by atoms with Crippen molar-refractivity contribution in [2.75, 3.05) is 13.1 Å². The number of hydrogen-bond acceptors (Lipinski definition) is 4. The van der Waals surface area contributed by atoms with Crippen molar-refractivity contribution in [2.24, 2.45) is 0 Å². The molecule has 0 N–H and O–H groups in total. The van der Waals surface area contributed by atoms with Gasteiger partial charge >= 0.3 is 0 Å². The van der Waals surface area contributed by atoms with Crippen LogP contribution in [0, 0.1) is 6.92 Å². The standard InChI is InChI=1S/C16H16N2O3/c1-11-2-4-12(5-3-11)15-10-14(17-21-15)16(20)18-8-6-13(19)7-9-18/h2-5,10H,6-9H2,1H3. The molecule has 3 rings (SSSR count). The van der Waals surface area contributed by atoms with Gasteiger partial charge in [0.05, 0.1) is 0 Å². The van der Waals surface area contributed by atoms with Crippen molar-refractivity contribution in [1.29, 1.82) is 0 Å². The minimum atomic E-state index is -0.176. The van der Waals surface area contributed by atoms with Crippen LogP contribution in [0.3, 0.4) is 0 Å². The van der Waals surface area contributed by atoms with Crippen LogP contribution in [-0.2, 0) is 4.79 Å². The van der Waals surface area contributed by atoms with Crippen molar-refractivity contribution in [3.63, 3.8) is 0 Å². The van der Waals surface area contributed by atoms with Gasteiger partial charge in [-0.2, -0.15) is 0 Å². The summed E-state index contributed by atoms with van der Waals surface area (Å²) in [6.07, 6.45) is 0.850. The molecular formula is C16H16N2O3. The Morgan fingerprint density at radius 1 is 1.19 bits per heavy atom. The summed E-state index contributed by atoms with van der Waals surface area (Å²) in [4.78, 5) is 25.2. The maximum atomic E-state index is 12.3. The monoisotopic (exact) mass is 284 g/mol. The molecule has 1 aliphatic rings. The van der Waals surface area contributed by atoms with Crippen LogP contribution in [0.1, 0.15) is 28.9 Å². The Balaban J connectivity index is 1.76. The van der Waals surface area contributed by atoms with Gasteiger partial charge in [-0.25, -0.2) is 0 Å². The average molecular weight is 284 g/mol. The van der Waals surface area contributed by atoms with E-state index in [1.807, 2.05) is 31.2 Å².